The van der Waals surface area contributed by atoms with Crippen LogP contribution >= 0.6 is 0 Å². The lowest BCUT2D eigenvalue weighted by atomic mass is 10.2. The molecule has 0 aromatic rings. The van der Waals surface area contributed by atoms with Gasteiger partial charge in [0.05, 0.1) is 78.5 Å². The SMILES string of the molecule is CCC(=O)OCCCCOC(=O)CCN(CCCN1CCN(CCCN(CCC(=O)OCCCCOC(=O)CC)CCC(=O)OCCCCOC(=O)CC)CC1)CCC(=O)OCCCCOC(=O)CC. The number of rotatable bonds is 44. The molecule has 0 unspecified atom stereocenters. The maximum absolute atomic E-state index is 12.6. The van der Waals surface area contributed by atoms with Gasteiger partial charge in [-0.2, -0.15) is 0 Å². The minimum Gasteiger partial charge on any atom is -0.466 e. The van der Waals surface area contributed by atoms with Crippen molar-refractivity contribution in [3.8, 4) is 0 Å². The van der Waals surface area contributed by atoms with Gasteiger partial charge >= 0.3 is 47.8 Å². The second-order valence-corrected chi connectivity index (χ2v) is 17.1. The van der Waals surface area contributed by atoms with Crippen LogP contribution in [-0.4, -0.2) is 199 Å². The molecule has 0 radical (unpaired) electrons. The summed E-state index contributed by atoms with van der Waals surface area (Å²) in [6.45, 7) is 17.6. The van der Waals surface area contributed by atoms with E-state index in [2.05, 4.69) is 19.6 Å². The Labute approximate surface area is 417 Å². The molecule has 1 rings (SSSR count). The van der Waals surface area contributed by atoms with Crippen molar-refractivity contribution in [2.24, 2.45) is 0 Å². The Balaban J connectivity index is 2.59. The van der Waals surface area contributed by atoms with Gasteiger partial charge in [-0.1, -0.05) is 27.7 Å². The average molecular weight is 1000 g/mol. The maximum atomic E-state index is 12.6. The van der Waals surface area contributed by atoms with Gasteiger partial charge in [0.1, 0.15) is 0 Å². The molecular formula is C50H88N4O16. The summed E-state index contributed by atoms with van der Waals surface area (Å²) in [7, 11) is 0. The van der Waals surface area contributed by atoms with Crippen LogP contribution in [-0.2, 0) is 76.3 Å². The molecule has 0 atom stereocenters. The van der Waals surface area contributed by atoms with E-state index >= 15 is 0 Å². The summed E-state index contributed by atoms with van der Waals surface area (Å²) >= 11 is 0. The van der Waals surface area contributed by atoms with Crippen LogP contribution in [0.3, 0.4) is 0 Å². The van der Waals surface area contributed by atoms with Crippen molar-refractivity contribution in [2.75, 3.05) is 131 Å². The van der Waals surface area contributed by atoms with E-state index in [0.717, 1.165) is 52.1 Å². The third kappa shape index (κ3) is 37.4. The largest absolute Gasteiger partial charge is 0.466 e. The fraction of sp³-hybridized carbons (Fsp3) is 0.840. The fourth-order valence-corrected chi connectivity index (χ4v) is 6.94. The van der Waals surface area contributed by atoms with Gasteiger partial charge in [-0.15, -0.1) is 0 Å². The highest BCUT2D eigenvalue weighted by molar-refractivity contribution is 5.71. The second kappa shape index (κ2) is 43.4. The van der Waals surface area contributed by atoms with Crippen molar-refractivity contribution in [1.82, 2.24) is 19.6 Å². The van der Waals surface area contributed by atoms with Crippen molar-refractivity contribution in [1.29, 1.82) is 0 Å². The molecule has 0 amide bonds. The Kier molecular flexibility index (Phi) is 39.4. The minimum absolute atomic E-state index is 0.182. The van der Waals surface area contributed by atoms with Crippen LogP contribution in [0.15, 0.2) is 0 Å². The quantitative estimate of drug-likeness (QED) is 0.0460. The van der Waals surface area contributed by atoms with Gasteiger partial charge in [0.25, 0.3) is 0 Å². The van der Waals surface area contributed by atoms with Crippen LogP contribution in [0.4, 0.5) is 0 Å². The lowest BCUT2D eigenvalue weighted by Crippen LogP contribution is -2.47. The first-order valence-electron chi connectivity index (χ1n) is 26.0. The highest BCUT2D eigenvalue weighted by atomic mass is 16.6. The Morgan fingerprint density at radius 2 is 0.500 bits per heavy atom. The van der Waals surface area contributed by atoms with E-state index < -0.39 is 0 Å². The molecule has 0 aromatic heterocycles. The normalized spacial score (nSPS) is 12.9. The van der Waals surface area contributed by atoms with Crippen LogP contribution in [0.1, 0.15) is 143 Å². The smallest absolute Gasteiger partial charge is 0.307 e. The number of hydrogen-bond donors (Lipinski definition) is 0. The summed E-state index contributed by atoms with van der Waals surface area (Å²) in [5.41, 5.74) is 0. The number of ether oxygens (including phenoxy) is 8. The molecule has 0 aliphatic carbocycles. The van der Waals surface area contributed by atoms with Crippen molar-refractivity contribution in [3.05, 3.63) is 0 Å². The van der Waals surface area contributed by atoms with E-state index in [4.69, 9.17) is 37.9 Å². The first-order valence-corrected chi connectivity index (χ1v) is 26.0. The predicted octanol–water partition coefficient (Wildman–Crippen LogP) is 4.66. The third-order valence-corrected chi connectivity index (χ3v) is 11.3. The number of nitrogens with zero attached hydrogens (tertiary/aromatic N) is 4. The zero-order chi connectivity index (χ0) is 51.5. The maximum Gasteiger partial charge on any atom is 0.307 e. The summed E-state index contributed by atoms with van der Waals surface area (Å²) < 4.78 is 41.9. The standard InChI is InChI=1S/C50H88N4O16/c1-5-43(55)63-35-9-13-39-67-47(59)19-27-51(28-20-48(60)68-40-14-10-36-64-44(56)6-2)23-17-25-53-31-33-54(34-32-53)26-18-24-52(29-21-49(61)69-41-15-11-37-65-45(57)7-3)30-22-50(62)70-42-16-12-38-66-46(58)8-4/h5-42H2,1-4H3. The molecule has 1 aliphatic heterocycles. The number of hydrogen-bond acceptors (Lipinski definition) is 20. The summed E-state index contributed by atoms with van der Waals surface area (Å²) in [6.07, 6.45) is 8.51. The molecule has 1 fully saturated rings. The topological polar surface area (TPSA) is 223 Å². The van der Waals surface area contributed by atoms with Gasteiger partial charge in [0.2, 0.25) is 0 Å². The van der Waals surface area contributed by atoms with Gasteiger partial charge in [-0.05, 0) is 90.4 Å². The van der Waals surface area contributed by atoms with E-state index in [1.54, 1.807) is 27.7 Å². The van der Waals surface area contributed by atoms with Crippen molar-refractivity contribution in [3.63, 3.8) is 0 Å². The number of piperazine rings is 1. The second-order valence-electron chi connectivity index (χ2n) is 17.1. The van der Waals surface area contributed by atoms with E-state index in [9.17, 15) is 38.4 Å². The molecule has 0 aromatic carbocycles. The van der Waals surface area contributed by atoms with Crippen LogP contribution < -0.4 is 0 Å². The van der Waals surface area contributed by atoms with Crippen LogP contribution in [0.25, 0.3) is 0 Å². The molecule has 1 heterocycles. The number of carbonyl (C=O) groups excluding carboxylic acids is 8. The van der Waals surface area contributed by atoms with E-state index in [1.165, 1.54) is 0 Å². The van der Waals surface area contributed by atoms with Gasteiger partial charge in [-0.3, -0.25) is 38.4 Å². The zero-order valence-corrected chi connectivity index (χ0v) is 43.2. The van der Waals surface area contributed by atoms with Crippen LogP contribution in [0.5, 0.6) is 0 Å². The van der Waals surface area contributed by atoms with Gasteiger partial charge in [0.15, 0.2) is 0 Å². The number of esters is 8. The zero-order valence-electron chi connectivity index (χ0n) is 43.2. The van der Waals surface area contributed by atoms with Crippen LogP contribution in [0, 0.1) is 0 Å². The first kappa shape index (κ1) is 63.6. The minimum atomic E-state index is -0.321. The summed E-state index contributed by atoms with van der Waals surface area (Å²) in [6, 6.07) is 0. The summed E-state index contributed by atoms with van der Waals surface area (Å²) in [5.74, 6) is -2.30. The molecule has 1 aliphatic rings. The molecule has 0 spiro atoms. The highest BCUT2D eigenvalue weighted by Gasteiger charge is 2.19. The number of carbonyl (C=O) groups is 8. The van der Waals surface area contributed by atoms with E-state index in [-0.39, 0.29) is 99.9 Å². The third-order valence-electron chi connectivity index (χ3n) is 11.3. The van der Waals surface area contributed by atoms with Crippen LogP contribution in [0.2, 0.25) is 0 Å². The summed E-state index contributed by atoms with van der Waals surface area (Å²) in [5, 5.41) is 0. The number of unbranched alkanes of at least 4 members (excludes halogenated alkanes) is 4. The average Bonchev–Trinajstić information content (AvgIpc) is 3.36. The predicted molar refractivity (Wildman–Crippen MR) is 259 cm³/mol. The van der Waals surface area contributed by atoms with Crippen molar-refractivity contribution >= 4 is 47.8 Å². The Hall–Kier alpha value is -4.40. The molecular weight excluding hydrogens is 913 g/mol. The van der Waals surface area contributed by atoms with E-state index in [1.807, 2.05) is 0 Å². The van der Waals surface area contributed by atoms with Gasteiger partial charge < -0.3 is 57.5 Å². The Bertz CT molecular complexity index is 1270. The Morgan fingerprint density at radius 3 is 0.700 bits per heavy atom. The summed E-state index contributed by atoms with van der Waals surface area (Å²) in [4.78, 5) is 105. The van der Waals surface area contributed by atoms with Crippen molar-refractivity contribution in [2.45, 2.75) is 143 Å². The molecule has 404 valence electrons. The molecule has 70 heavy (non-hydrogen) atoms. The van der Waals surface area contributed by atoms with Gasteiger partial charge in [-0.25, -0.2) is 0 Å². The Morgan fingerprint density at radius 1 is 0.300 bits per heavy atom. The van der Waals surface area contributed by atoms with Gasteiger partial charge in [0, 0.05) is 78.0 Å². The monoisotopic (exact) mass is 1000 g/mol. The lowest BCUT2D eigenvalue weighted by molar-refractivity contribution is -0.147. The molecule has 0 saturated carbocycles. The molecule has 0 bridgehead atoms. The first-order chi connectivity index (χ1) is 33.9. The molecule has 20 nitrogen and oxygen atoms in total. The molecule has 1 saturated heterocycles. The molecule has 0 N–H and O–H groups in total. The highest BCUT2D eigenvalue weighted by Crippen LogP contribution is 2.09. The molecule has 20 heteroatoms. The fourth-order valence-electron chi connectivity index (χ4n) is 6.94. The van der Waals surface area contributed by atoms with Crippen molar-refractivity contribution < 1.29 is 76.3 Å². The lowest BCUT2D eigenvalue weighted by Gasteiger charge is -2.35. The van der Waals surface area contributed by atoms with E-state index in [0.29, 0.717) is 143 Å².